The minimum atomic E-state index is 0.0360. The molecule has 4 heteroatoms. The van der Waals surface area contributed by atoms with Crippen molar-refractivity contribution in [1.82, 2.24) is 4.98 Å². The van der Waals surface area contributed by atoms with E-state index in [1.807, 2.05) is 33.9 Å². The molecule has 17 heavy (non-hydrogen) atoms. The molecule has 0 aliphatic rings. The number of hydrogen-bond acceptors (Lipinski definition) is 4. The summed E-state index contributed by atoms with van der Waals surface area (Å²) in [5.41, 5.74) is 1.92. The Morgan fingerprint density at radius 1 is 1.47 bits per heavy atom. The van der Waals surface area contributed by atoms with E-state index < -0.39 is 0 Å². The van der Waals surface area contributed by atoms with Gasteiger partial charge in [-0.2, -0.15) is 0 Å². The van der Waals surface area contributed by atoms with Crippen LogP contribution in [-0.4, -0.2) is 36.4 Å². The van der Waals surface area contributed by atoms with Crippen LogP contribution in [0.3, 0.4) is 0 Å². The van der Waals surface area contributed by atoms with Crippen LogP contribution in [0.4, 0.5) is 5.82 Å². The standard InChI is InChI=1S/C13H22N2O2/c1-10(2)17-6-5-15(4)13-11(3)7-12(9-16)8-14-13/h7-8,10,16H,5-6,9H2,1-4H3. The van der Waals surface area contributed by atoms with Crippen molar-refractivity contribution in [2.75, 3.05) is 25.1 Å². The first-order chi connectivity index (χ1) is 8.04. The number of aliphatic hydroxyl groups is 1. The van der Waals surface area contributed by atoms with E-state index in [0.717, 1.165) is 23.5 Å². The number of nitrogens with zero attached hydrogens (tertiary/aromatic N) is 2. The molecular weight excluding hydrogens is 216 g/mol. The van der Waals surface area contributed by atoms with Gasteiger partial charge in [0.2, 0.25) is 0 Å². The molecule has 1 aromatic heterocycles. The quantitative estimate of drug-likeness (QED) is 0.820. The molecule has 0 bridgehead atoms. The summed E-state index contributed by atoms with van der Waals surface area (Å²) < 4.78 is 5.51. The van der Waals surface area contributed by atoms with Crippen LogP contribution in [0.15, 0.2) is 12.3 Å². The van der Waals surface area contributed by atoms with Gasteiger partial charge in [-0.25, -0.2) is 4.98 Å². The highest BCUT2D eigenvalue weighted by atomic mass is 16.5. The molecule has 1 rings (SSSR count). The van der Waals surface area contributed by atoms with E-state index in [-0.39, 0.29) is 12.7 Å². The van der Waals surface area contributed by atoms with Crippen LogP contribution in [0, 0.1) is 6.92 Å². The molecule has 0 atom stereocenters. The van der Waals surface area contributed by atoms with Crippen LogP contribution in [-0.2, 0) is 11.3 Å². The number of pyridine rings is 1. The first kappa shape index (κ1) is 13.9. The topological polar surface area (TPSA) is 45.6 Å². The van der Waals surface area contributed by atoms with Crippen molar-refractivity contribution in [3.05, 3.63) is 23.4 Å². The summed E-state index contributed by atoms with van der Waals surface area (Å²) in [6, 6.07) is 1.96. The molecule has 1 aromatic rings. The van der Waals surface area contributed by atoms with E-state index in [0.29, 0.717) is 6.61 Å². The monoisotopic (exact) mass is 238 g/mol. The summed E-state index contributed by atoms with van der Waals surface area (Å²) in [7, 11) is 2.00. The second kappa shape index (κ2) is 6.57. The number of hydrogen-bond donors (Lipinski definition) is 1. The van der Waals surface area contributed by atoms with Gasteiger partial charge >= 0.3 is 0 Å². The molecule has 0 fully saturated rings. The van der Waals surface area contributed by atoms with Gasteiger partial charge in [-0.05, 0) is 38.0 Å². The lowest BCUT2D eigenvalue weighted by atomic mass is 10.2. The second-order valence-electron chi connectivity index (χ2n) is 4.48. The van der Waals surface area contributed by atoms with Crippen LogP contribution in [0.1, 0.15) is 25.0 Å². The molecule has 0 radical (unpaired) electrons. The van der Waals surface area contributed by atoms with Gasteiger partial charge < -0.3 is 14.7 Å². The summed E-state index contributed by atoms with van der Waals surface area (Å²) in [6.07, 6.45) is 1.97. The first-order valence-corrected chi connectivity index (χ1v) is 5.93. The summed E-state index contributed by atoms with van der Waals surface area (Å²) in [5, 5.41) is 9.02. The molecule has 0 amide bonds. The third-order valence-corrected chi connectivity index (χ3v) is 2.53. The predicted molar refractivity (Wildman–Crippen MR) is 69.3 cm³/mol. The Morgan fingerprint density at radius 3 is 2.71 bits per heavy atom. The maximum atomic E-state index is 9.02. The summed E-state index contributed by atoms with van der Waals surface area (Å²) in [6.45, 7) is 7.59. The van der Waals surface area contributed by atoms with Crippen molar-refractivity contribution in [2.45, 2.75) is 33.5 Å². The summed E-state index contributed by atoms with van der Waals surface area (Å²) in [4.78, 5) is 6.43. The maximum absolute atomic E-state index is 9.02. The van der Waals surface area contributed by atoms with Crippen molar-refractivity contribution in [1.29, 1.82) is 0 Å². The average molecular weight is 238 g/mol. The third kappa shape index (κ3) is 4.32. The minimum absolute atomic E-state index is 0.0360. The SMILES string of the molecule is Cc1cc(CO)cnc1N(C)CCOC(C)C. The Morgan fingerprint density at radius 2 is 2.18 bits per heavy atom. The molecular formula is C13H22N2O2. The Hall–Kier alpha value is -1.13. The summed E-state index contributed by atoms with van der Waals surface area (Å²) >= 11 is 0. The highest BCUT2D eigenvalue weighted by Crippen LogP contribution is 2.16. The number of aliphatic hydroxyl groups excluding tert-OH is 1. The maximum Gasteiger partial charge on any atom is 0.131 e. The van der Waals surface area contributed by atoms with E-state index in [1.165, 1.54) is 0 Å². The Bertz CT molecular complexity index is 353. The number of aryl methyl sites for hydroxylation is 1. The van der Waals surface area contributed by atoms with Crippen molar-refractivity contribution in [2.24, 2.45) is 0 Å². The number of rotatable bonds is 6. The number of aromatic nitrogens is 1. The van der Waals surface area contributed by atoms with Crippen LogP contribution in [0.5, 0.6) is 0 Å². The van der Waals surface area contributed by atoms with E-state index in [4.69, 9.17) is 9.84 Å². The lowest BCUT2D eigenvalue weighted by molar-refractivity contribution is 0.0845. The highest BCUT2D eigenvalue weighted by Gasteiger charge is 2.07. The lowest BCUT2D eigenvalue weighted by Crippen LogP contribution is -2.25. The van der Waals surface area contributed by atoms with Crippen molar-refractivity contribution in [3.63, 3.8) is 0 Å². The smallest absolute Gasteiger partial charge is 0.131 e. The lowest BCUT2D eigenvalue weighted by Gasteiger charge is -2.21. The average Bonchev–Trinajstić information content (AvgIpc) is 2.28. The van der Waals surface area contributed by atoms with Gasteiger partial charge in [0.15, 0.2) is 0 Å². The Balaban J connectivity index is 2.59. The minimum Gasteiger partial charge on any atom is -0.392 e. The van der Waals surface area contributed by atoms with Gasteiger partial charge in [-0.1, -0.05) is 0 Å². The van der Waals surface area contributed by atoms with Gasteiger partial charge in [-0.15, -0.1) is 0 Å². The highest BCUT2D eigenvalue weighted by molar-refractivity contribution is 5.46. The molecule has 4 nitrogen and oxygen atoms in total. The first-order valence-electron chi connectivity index (χ1n) is 5.93. The van der Waals surface area contributed by atoms with Gasteiger partial charge in [0.1, 0.15) is 5.82 Å². The molecule has 0 aliphatic heterocycles. The van der Waals surface area contributed by atoms with E-state index in [9.17, 15) is 0 Å². The molecule has 1 N–H and O–H groups in total. The van der Waals surface area contributed by atoms with Crippen molar-refractivity contribution in [3.8, 4) is 0 Å². The second-order valence-corrected chi connectivity index (χ2v) is 4.48. The zero-order valence-electron chi connectivity index (χ0n) is 11.1. The van der Waals surface area contributed by atoms with Crippen LogP contribution in [0.2, 0.25) is 0 Å². The molecule has 1 heterocycles. The molecule has 0 saturated carbocycles. The molecule has 0 saturated heterocycles. The van der Waals surface area contributed by atoms with Crippen LogP contribution >= 0.6 is 0 Å². The van der Waals surface area contributed by atoms with Gasteiger partial charge in [0.05, 0.1) is 19.3 Å². The zero-order chi connectivity index (χ0) is 12.8. The third-order valence-electron chi connectivity index (χ3n) is 2.53. The number of anilines is 1. The normalized spacial score (nSPS) is 10.9. The van der Waals surface area contributed by atoms with Crippen LogP contribution in [0.25, 0.3) is 0 Å². The predicted octanol–water partition coefficient (Wildman–Crippen LogP) is 1.74. The van der Waals surface area contributed by atoms with E-state index >= 15 is 0 Å². The molecule has 0 unspecified atom stereocenters. The Kier molecular flexibility index (Phi) is 5.38. The fraction of sp³-hybridized carbons (Fsp3) is 0.615. The van der Waals surface area contributed by atoms with Gasteiger partial charge in [-0.3, -0.25) is 0 Å². The van der Waals surface area contributed by atoms with Crippen molar-refractivity contribution < 1.29 is 9.84 Å². The molecule has 0 aliphatic carbocycles. The fourth-order valence-electron chi connectivity index (χ4n) is 1.64. The van der Waals surface area contributed by atoms with Crippen molar-refractivity contribution >= 4 is 5.82 Å². The largest absolute Gasteiger partial charge is 0.392 e. The molecule has 0 spiro atoms. The molecule has 96 valence electrons. The van der Waals surface area contributed by atoms with E-state index in [1.54, 1.807) is 6.20 Å². The summed E-state index contributed by atoms with van der Waals surface area (Å²) in [5.74, 6) is 0.939. The molecule has 0 aromatic carbocycles. The van der Waals surface area contributed by atoms with Crippen LogP contribution < -0.4 is 4.90 Å². The number of ether oxygens (including phenoxy) is 1. The number of likely N-dealkylation sites (N-methyl/N-ethyl adjacent to an activating group) is 1. The zero-order valence-corrected chi connectivity index (χ0v) is 11.1. The van der Waals surface area contributed by atoms with Gasteiger partial charge in [0.25, 0.3) is 0 Å². The Labute approximate surface area is 103 Å². The fourth-order valence-corrected chi connectivity index (χ4v) is 1.64. The van der Waals surface area contributed by atoms with E-state index in [2.05, 4.69) is 9.88 Å². The van der Waals surface area contributed by atoms with Gasteiger partial charge in [0, 0.05) is 19.8 Å².